The van der Waals surface area contributed by atoms with Crippen molar-refractivity contribution in [3.8, 4) is 17.6 Å². The van der Waals surface area contributed by atoms with Crippen molar-refractivity contribution in [2.45, 2.75) is 269 Å². The standard InChI is InChI=1S/C31H51N5O6SSi2.C29H45IN6O6Si2.C17H17IN6O6/c1-19-14-20(2)26(21(3)15-19)43(37,38)41-28-25-27(34-29(32)35-28)36(18-33-25)24-16-22(42-45(12,13)31(7,8)9)23(40-24)17-39-44(10,11)30(4,5)6;1-28(2,3)43(7,8)40-16-22-21(42-44(9,10)29(4,5)6)14-23(41-22)35-17-32-24-25(35)33-27(31)34-26(24)39-15-18-11-12-19(30)13-20(18)36(37)38;18-9-2-1-8(10(3-9)24(27)28)6-29-16-14-15(21-17(19)22-16)23(7-20-14)13-4-11(26)12(5-25)30-13/h14-15,18,22-24H,16-17H2,1-13H3,(H2,32,34,35);11-13,17,21-23H,14-16H2,1-10H3,(H2,31,33,34);1-3,7,11-13,25-26H,4-6H2,(H2,19,21,22)/t22-,23-,24-;21-,22-,23-;11-,12-,13-/m111/s1. The fourth-order valence-corrected chi connectivity index (χ4v) is 19.7. The summed E-state index contributed by atoms with van der Waals surface area (Å²) < 4.78 is 96.9. The maximum atomic E-state index is 13.5. The second-order valence-corrected chi connectivity index (χ2v) is 59.5. The van der Waals surface area contributed by atoms with E-state index in [-0.39, 0.29) is 128 Å². The lowest BCUT2D eigenvalue weighted by Crippen LogP contribution is -2.48. The number of imidazole rings is 3. The van der Waals surface area contributed by atoms with Crippen molar-refractivity contribution in [2.24, 2.45) is 0 Å². The summed E-state index contributed by atoms with van der Waals surface area (Å²) in [4.78, 5) is 60.9. The van der Waals surface area contributed by atoms with Gasteiger partial charge in [-0.1, -0.05) is 101 Å². The van der Waals surface area contributed by atoms with Crippen LogP contribution in [0.15, 0.2) is 72.4 Å². The largest absolute Gasteiger partial charge is 0.471 e. The van der Waals surface area contributed by atoms with Gasteiger partial charge in [0.05, 0.1) is 78.1 Å². The molecule has 0 radical (unpaired) electrons. The van der Waals surface area contributed by atoms with Gasteiger partial charge < -0.3 is 73.0 Å². The fourth-order valence-electron chi connectivity index (χ4n) is 12.7. The molecule has 9 heterocycles. The van der Waals surface area contributed by atoms with E-state index in [2.05, 4.69) is 180 Å². The van der Waals surface area contributed by atoms with E-state index in [9.17, 15) is 38.9 Å². The third-order valence-corrected chi connectivity index (χ3v) is 44.4. The molecule has 3 aromatic carbocycles. The number of hydrogen-bond acceptors (Lipinski definition) is 30. The number of benzene rings is 3. The van der Waals surface area contributed by atoms with Crippen molar-refractivity contribution in [2.75, 3.05) is 37.0 Å². The number of nitro groups is 2. The molecule has 119 heavy (non-hydrogen) atoms. The lowest BCUT2D eigenvalue weighted by Gasteiger charge is -2.40. The molecule has 3 aliphatic rings. The Bertz CT molecular complexity index is 5300. The Balaban J connectivity index is 0.000000192. The van der Waals surface area contributed by atoms with Gasteiger partial charge in [0.25, 0.3) is 17.3 Å². The number of aromatic nitrogens is 12. The van der Waals surface area contributed by atoms with Gasteiger partial charge in [-0.3, -0.25) is 33.9 Å². The smallest absolute Gasteiger partial charge is 0.341 e. The molecule has 3 saturated heterocycles. The number of nitrogen functional groups attached to an aromatic ring is 3. The Hall–Kier alpha value is -7.17. The van der Waals surface area contributed by atoms with Gasteiger partial charge in [0, 0.05) is 38.5 Å². The van der Waals surface area contributed by atoms with Crippen LogP contribution >= 0.6 is 45.2 Å². The van der Waals surface area contributed by atoms with Crippen LogP contribution in [0, 0.1) is 48.1 Å². The molecular formula is C77H113I2N17O18SSi4. The number of ether oxygens (including phenoxy) is 5. The minimum atomic E-state index is -4.25. The van der Waals surface area contributed by atoms with Crippen LogP contribution in [-0.2, 0) is 55.2 Å². The minimum absolute atomic E-state index is 0.00348. The molecule has 0 amide bonds. The fraction of sp³-hybridized carbons (Fsp3) is 0.571. The molecule has 3 fully saturated rings. The second kappa shape index (κ2) is 36.0. The first-order chi connectivity index (χ1) is 55.0. The third kappa shape index (κ3) is 21.5. The van der Waals surface area contributed by atoms with E-state index in [0.717, 1.165) is 12.7 Å². The molecule has 0 saturated carbocycles. The average molecular weight is 1960 g/mol. The van der Waals surface area contributed by atoms with Crippen LogP contribution in [0.25, 0.3) is 33.5 Å². The van der Waals surface area contributed by atoms with Gasteiger partial charge in [-0.15, -0.1) is 0 Å². The number of nitro benzene ring substituents is 2. The maximum Gasteiger partial charge on any atom is 0.341 e. The first kappa shape index (κ1) is 94.1. The van der Waals surface area contributed by atoms with E-state index >= 15 is 0 Å². The highest BCUT2D eigenvalue weighted by atomic mass is 127. The number of nitrogens with two attached hydrogens (primary N) is 3. The normalized spacial score (nSPS) is 20.4. The molecule has 6 aromatic heterocycles. The highest BCUT2D eigenvalue weighted by Crippen LogP contribution is 2.47. The van der Waals surface area contributed by atoms with Gasteiger partial charge in [0.2, 0.25) is 29.6 Å². The Kier molecular flexibility index (Phi) is 28.4. The summed E-state index contributed by atoms with van der Waals surface area (Å²) in [6, 6.07) is 13.4. The van der Waals surface area contributed by atoms with E-state index in [1.807, 2.05) is 56.7 Å². The molecular weight excluding hydrogens is 1850 g/mol. The zero-order valence-electron chi connectivity index (χ0n) is 71.8. The predicted molar refractivity (Wildman–Crippen MR) is 477 cm³/mol. The molecule has 12 rings (SSSR count). The van der Waals surface area contributed by atoms with Gasteiger partial charge in [-0.25, -0.2) is 15.0 Å². The molecule has 0 aliphatic carbocycles. The van der Waals surface area contributed by atoms with Crippen molar-refractivity contribution >= 4 is 151 Å². The maximum absolute atomic E-state index is 13.5. The predicted octanol–water partition coefficient (Wildman–Crippen LogP) is 15.1. The molecule has 3 aliphatic heterocycles. The number of nitrogens with zero attached hydrogens (tertiary/aromatic N) is 14. The summed E-state index contributed by atoms with van der Waals surface area (Å²) in [5.74, 6) is -0.243. The van der Waals surface area contributed by atoms with Crippen molar-refractivity contribution in [1.29, 1.82) is 0 Å². The van der Waals surface area contributed by atoms with Crippen LogP contribution in [0.5, 0.6) is 17.6 Å². The highest BCUT2D eigenvalue weighted by Gasteiger charge is 2.50. The summed E-state index contributed by atoms with van der Waals surface area (Å²) in [6.07, 6.45) is 1.95. The second-order valence-electron chi connectivity index (χ2n) is 36.4. The summed E-state index contributed by atoms with van der Waals surface area (Å²) in [5.41, 5.74) is 22.8. The third-order valence-electron chi connectivity index (χ3n) is 23.5. The van der Waals surface area contributed by atoms with E-state index in [4.69, 9.17) is 62.8 Å². The number of aliphatic hydroxyl groups excluding tert-OH is 2. The molecule has 0 bridgehead atoms. The number of anilines is 3. The Morgan fingerprint density at radius 3 is 1.19 bits per heavy atom. The van der Waals surface area contributed by atoms with Gasteiger partial charge in [-0.2, -0.15) is 38.3 Å². The van der Waals surface area contributed by atoms with E-state index in [1.165, 1.54) is 18.5 Å². The summed E-state index contributed by atoms with van der Waals surface area (Å²) in [6.45, 7) is 50.2. The molecule has 35 nitrogen and oxygen atoms in total. The highest BCUT2D eigenvalue weighted by molar-refractivity contribution is 14.1. The zero-order valence-corrected chi connectivity index (χ0v) is 80.9. The monoisotopic (exact) mass is 1960 g/mol. The lowest BCUT2D eigenvalue weighted by molar-refractivity contribution is -0.386. The van der Waals surface area contributed by atoms with E-state index in [0.29, 0.717) is 76.3 Å². The molecule has 42 heteroatoms. The van der Waals surface area contributed by atoms with Gasteiger partial charge in [0.1, 0.15) is 55.1 Å². The van der Waals surface area contributed by atoms with Crippen LogP contribution in [0.4, 0.5) is 29.2 Å². The number of rotatable bonds is 25. The quantitative estimate of drug-likeness (QED) is 0.0117. The van der Waals surface area contributed by atoms with Crippen LogP contribution in [0.1, 0.15) is 149 Å². The van der Waals surface area contributed by atoms with Crippen molar-refractivity contribution < 1.29 is 74.0 Å². The Morgan fingerprint density at radius 2 is 0.857 bits per heavy atom. The summed E-state index contributed by atoms with van der Waals surface area (Å²) in [7, 11) is -12.6. The van der Waals surface area contributed by atoms with Crippen molar-refractivity contribution in [3.05, 3.63) is 123 Å². The molecule has 0 spiro atoms. The number of halogens is 2. The van der Waals surface area contributed by atoms with Gasteiger partial charge in [0.15, 0.2) is 66.8 Å². The summed E-state index contributed by atoms with van der Waals surface area (Å²) in [5, 5.41) is 42.3. The first-order valence-corrected chi connectivity index (χ1v) is 54.2. The Labute approximate surface area is 724 Å². The van der Waals surface area contributed by atoms with Crippen LogP contribution in [0.2, 0.25) is 72.5 Å². The van der Waals surface area contributed by atoms with E-state index in [1.54, 1.807) is 72.0 Å². The Morgan fingerprint density at radius 1 is 0.521 bits per heavy atom. The molecule has 0 unspecified atom stereocenters. The topological polar surface area (TPSA) is 462 Å². The molecule has 650 valence electrons. The van der Waals surface area contributed by atoms with Crippen molar-refractivity contribution in [3.63, 3.8) is 0 Å². The van der Waals surface area contributed by atoms with Gasteiger partial charge >= 0.3 is 10.1 Å². The van der Waals surface area contributed by atoms with Crippen LogP contribution < -0.4 is 30.9 Å². The number of aryl methyl sites for hydroxylation is 3. The molecule has 9 atom stereocenters. The van der Waals surface area contributed by atoms with Crippen LogP contribution in [-0.4, -0.2) is 177 Å². The zero-order chi connectivity index (χ0) is 88.2. The first-order valence-electron chi connectivity index (χ1n) is 39.0. The molecule has 8 N–H and O–H groups in total. The SMILES string of the molecule is CC(C)(C)[Si](C)(C)OC[C@H]1O[C@@H](n2cnc3c(OCc4ccc(I)cc4[N+](=O)[O-])nc(N)nc32)C[C@H]1O[Si](C)(C)C(C)(C)C.Cc1cc(C)c(S(=O)(=O)Oc2nc(N)nc3c2ncn3[C@H]2C[C@@H](O[Si](C)(C)C(C)(C)C)[C@@H](CO[Si](C)(C)C(C)(C)C)O2)c(C)c1.Nc1nc(OCc2ccc(I)cc2[N+](=O)[O-])c2ncn([C@H]3C[C@@H](O)[C@@H](CO)O3)c2n1. The summed E-state index contributed by atoms with van der Waals surface area (Å²) >= 11 is 4.04. The lowest BCUT2D eigenvalue weighted by atomic mass is 10.1. The van der Waals surface area contributed by atoms with E-state index < -0.39 is 84.1 Å². The number of aliphatic hydroxyl groups is 2. The number of hydrogen-bond donors (Lipinski definition) is 5. The average Bonchev–Trinajstić information content (AvgIpc) is 1.58. The minimum Gasteiger partial charge on any atom is -0.471 e. The van der Waals surface area contributed by atoms with Crippen molar-refractivity contribution in [1.82, 2.24) is 58.6 Å². The molecule has 9 aromatic rings. The van der Waals surface area contributed by atoms with Gasteiger partial charge in [-0.05, 0) is 174 Å². The number of fused-ring (bicyclic) bond motifs is 3. The van der Waals surface area contributed by atoms with Crippen LogP contribution in [0.3, 0.4) is 0 Å².